The Morgan fingerprint density at radius 1 is 1.18 bits per heavy atom. The van der Waals surface area contributed by atoms with Crippen LogP contribution >= 0.6 is 11.8 Å². The second-order valence-electron chi connectivity index (χ2n) is 13.4. The molecule has 2 bridgehead atoms. The summed E-state index contributed by atoms with van der Waals surface area (Å²) in [6.07, 6.45) is 1.52. The summed E-state index contributed by atoms with van der Waals surface area (Å²) in [6.45, 7) is 16.5. The van der Waals surface area contributed by atoms with Crippen molar-refractivity contribution >= 4 is 35.2 Å². The first kappa shape index (κ1) is 29.7. The molecule has 3 amide bonds. The molecule has 0 radical (unpaired) electrons. The van der Waals surface area contributed by atoms with E-state index in [0.717, 1.165) is 18.6 Å². The number of rotatable bonds is 9. The van der Waals surface area contributed by atoms with Crippen LogP contribution in [0.4, 0.5) is 5.69 Å². The van der Waals surface area contributed by atoms with Crippen molar-refractivity contribution in [3.63, 3.8) is 0 Å². The van der Waals surface area contributed by atoms with E-state index in [9.17, 15) is 19.5 Å². The van der Waals surface area contributed by atoms with Crippen LogP contribution in [0.25, 0.3) is 0 Å². The third-order valence-corrected chi connectivity index (χ3v) is 10.4. The zero-order chi connectivity index (χ0) is 28.9. The van der Waals surface area contributed by atoms with E-state index in [0.29, 0.717) is 12.3 Å². The van der Waals surface area contributed by atoms with E-state index >= 15 is 0 Å². The SMILES string of the molecule is CCOc1ccc(NC(=O)[C@@H]2[C@H]3C(=O)N([C@H](C)CO)C(C(=O)NC(C)(C)CC(C)(C)C)C34S[C@@H]2CC4C)cc1. The summed E-state index contributed by atoms with van der Waals surface area (Å²) in [4.78, 5) is 43.6. The summed E-state index contributed by atoms with van der Waals surface area (Å²) >= 11 is 1.64. The molecule has 0 aromatic heterocycles. The number of hydrogen-bond donors (Lipinski definition) is 3. The number of hydrogen-bond acceptors (Lipinski definition) is 6. The molecule has 3 aliphatic heterocycles. The lowest BCUT2D eigenvalue weighted by atomic mass is 9.65. The van der Waals surface area contributed by atoms with E-state index in [2.05, 4.69) is 38.3 Å². The van der Waals surface area contributed by atoms with Gasteiger partial charge in [0.2, 0.25) is 17.7 Å². The largest absolute Gasteiger partial charge is 0.494 e. The number of amides is 3. The van der Waals surface area contributed by atoms with Gasteiger partial charge >= 0.3 is 0 Å². The standard InChI is InChI=1S/C30H45N3O5S/c1-9-38-20-12-10-19(11-13-20)31-25(35)22-21-14-17(2)30(39-21)23(22)27(37)33(18(3)15-34)24(30)26(36)32-29(7,8)16-28(4,5)6/h10-13,17-18,21-24,34H,9,14-16H2,1-8H3,(H,31,35)(H,32,36)/t17?,18-,21-,22+,23+,24?,30?/m1/s1. The maximum Gasteiger partial charge on any atom is 0.244 e. The van der Waals surface area contributed by atoms with Crippen molar-refractivity contribution < 1.29 is 24.2 Å². The van der Waals surface area contributed by atoms with Gasteiger partial charge in [0.15, 0.2) is 0 Å². The molecule has 1 spiro atoms. The molecule has 9 heteroatoms. The van der Waals surface area contributed by atoms with Gasteiger partial charge < -0.3 is 25.4 Å². The van der Waals surface area contributed by atoms with Gasteiger partial charge in [0.25, 0.3) is 0 Å². The molecule has 3 N–H and O–H groups in total. The van der Waals surface area contributed by atoms with Crippen molar-refractivity contribution in [1.29, 1.82) is 0 Å². The number of ether oxygens (including phenoxy) is 1. The zero-order valence-corrected chi connectivity index (χ0v) is 25.4. The first-order chi connectivity index (χ1) is 18.1. The Morgan fingerprint density at radius 3 is 2.38 bits per heavy atom. The third kappa shape index (κ3) is 5.41. The number of nitrogens with one attached hydrogen (secondary N) is 2. The van der Waals surface area contributed by atoms with Crippen molar-refractivity contribution in [3.8, 4) is 5.75 Å². The van der Waals surface area contributed by atoms with E-state index in [-0.39, 0.29) is 40.9 Å². The summed E-state index contributed by atoms with van der Waals surface area (Å²) in [6, 6.07) is 5.91. The summed E-state index contributed by atoms with van der Waals surface area (Å²) in [5.74, 6) is -1.01. The highest BCUT2D eigenvalue weighted by Crippen LogP contribution is 2.68. The molecule has 1 aromatic rings. The van der Waals surface area contributed by atoms with Gasteiger partial charge in [-0.1, -0.05) is 27.7 Å². The number of anilines is 1. The lowest BCUT2D eigenvalue weighted by Crippen LogP contribution is -2.61. The second-order valence-corrected chi connectivity index (χ2v) is 14.9. The monoisotopic (exact) mass is 559 g/mol. The average molecular weight is 560 g/mol. The highest BCUT2D eigenvalue weighted by Gasteiger charge is 2.76. The Balaban J connectivity index is 1.66. The first-order valence-electron chi connectivity index (χ1n) is 14.1. The minimum absolute atomic E-state index is 0.000914. The van der Waals surface area contributed by atoms with Gasteiger partial charge in [-0.15, -0.1) is 11.8 Å². The number of aliphatic hydroxyl groups is 1. The Bertz CT molecular complexity index is 1100. The molecule has 4 rings (SSSR count). The number of nitrogens with zero attached hydrogens (tertiary/aromatic N) is 1. The Labute approximate surface area is 237 Å². The Morgan fingerprint density at radius 2 is 1.82 bits per heavy atom. The fourth-order valence-corrected chi connectivity index (χ4v) is 9.83. The average Bonchev–Trinajstić information content (AvgIpc) is 3.41. The molecule has 0 saturated carbocycles. The summed E-state index contributed by atoms with van der Waals surface area (Å²) < 4.78 is 4.77. The molecule has 3 aliphatic rings. The summed E-state index contributed by atoms with van der Waals surface area (Å²) in [5, 5.41) is 16.3. The summed E-state index contributed by atoms with van der Waals surface area (Å²) in [7, 11) is 0. The number of benzene rings is 1. The van der Waals surface area contributed by atoms with E-state index < -0.39 is 34.2 Å². The van der Waals surface area contributed by atoms with Gasteiger partial charge in [0.05, 0.1) is 35.8 Å². The highest BCUT2D eigenvalue weighted by molar-refractivity contribution is 8.02. The smallest absolute Gasteiger partial charge is 0.244 e. The van der Waals surface area contributed by atoms with Crippen molar-refractivity contribution in [1.82, 2.24) is 10.2 Å². The maximum atomic E-state index is 14.1. The lowest BCUT2D eigenvalue weighted by molar-refractivity contribution is -0.142. The maximum absolute atomic E-state index is 14.1. The Hall–Kier alpha value is -2.26. The van der Waals surface area contributed by atoms with E-state index in [4.69, 9.17) is 4.74 Å². The van der Waals surface area contributed by atoms with Crippen LogP contribution in [0.15, 0.2) is 24.3 Å². The van der Waals surface area contributed by atoms with E-state index in [1.54, 1.807) is 35.7 Å². The molecule has 39 heavy (non-hydrogen) atoms. The second kappa shape index (κ2) is 10.6. The van der Waals surface area contributed by atoms with Crippen LogP contribution in [-0.2, 0) is 14.4 Å². The van der Waals surface area contributed by atoms with Crippen molar-refractivity contribution in [3.05, 3.63) is 24.3 Å². The predicted octanol–water partition coefficient (Wildman–Crippen LogP) is 4.07. The summed E-state index contributed by atoms with van der Waals surface area (Å²) in [5.41, 5.74) is 0.150. The molecule has 3 fully saturated rings. The van der Waals surface area contributed by atoms with Crippen LogP contribution in [0, 0.1) is 23.2 Å². The van der Waals surface area contributed by atoms with Crippen molar-refractivity contribution in [2.45, 2.75) is 95.9 Å². The molecule has 7 atom stereocenters. The van der Waals surface area contributed by atoms with E-state index in [1.807, 2.05) is 32.9 Å². The fraction of sp³-hybridized carbons (Fsp3) is 0.700. The molecular formula is C30H45N3O5S. The number of likely N-dealkylation sites (tertiary alicyclic amines) is 1. The topological polar surface area (TPSA) is 108 Å². The van der Waals surface area contributed by atoms with Crippen LogP contribution < -0.4 is 15.4 Å². The first-order valence-corrected chi connectivity index (χ1v) is 15.0. The molecular weight excluding hydrogens is 514 g/mol. The van der Waals surface area contributed by atoms with Crippen LogP contribution in [0.2, 0.25) is 0 Å². The van der Waals surface area contributed by atoms with Crippen LogP contribution in [-0.4, -0.2) is 68.6 Å². The highest BCUT2D eigenvalue weighted by atomic mass is 32.2. The molecule has 3 heterocycles. The minimum Gasteiger partial charge on any atom is -0.494 e. The van der Waals surface area contributed by atoms with Gasteiger partial charge in [-0.3, -0.25) is 14.4 Å². The van der Waals surface area contributed by atoms with Gasteiger partial charge in [0, 0.05) is 16.5 Å². The van der Waals surface area contributed by atoms with Gasteiger partial charge in [0.1, 0.15) is 11.8 Å². The molecule has 216 valence electrons. The van der Waals surface area contributed by atoms with Crippen LogP contribution in [0.5, 0.6) is 5.75 Å². The minimum atomic E-state index is -0.760. The number of fused-ring (bicyclic) bond motifs is 1. The number of carbonyl (C=O) groups is 3. The number of thioether (sulfide) groups is 1. The molecule has 1 aromatic carbocycles. The third-order valence-electron chi connectivity index (χ3n) is 8.34. The van der Waals surface area contributed by atoms with E-state index in [1.165, 1.54) is 0 Å². The Kier molecular flexibility index (Phi) is 8.09. The van der Waals surface area contributed by atoms with Gasteiger partial charge in [-0.25, -0.2) is 0 Å². The predicted molar refractivity (Wildman–Crippen MR) is 155 cm³/mol. The zero-order valence-electron chi connectivity index (χ0n) is 24.5. The number of aliphatic hydroxyl groups excluding tert-OH is 1. The normalized spacial score (nSPS) is 30.7. The van der Waals surface area contributed by atoms with Crippen molar-refractivity contribution in [2.24, 2.45) is 23.2 Å². The quantitative estimate of drug-likeness (QED) is 0.421. The van der Waals surface area contributed by atoms with Crippen LogP contribution in [0.3, 0.4) is 0 Å². The molecule has 8 nitrogen and oxygen atoms in total. The molecule has 3 unspecified atom stereocenters. The van der Waals surface area contributed by atoms with Gasteiger partial charge in [-0.2, -0.15) is 0 Å². The number of carbonyl (C=O) groups excluding carboxylic acids is 3. The van der Waals surface area contributed by atoms with Gasteiger partial charge in [-0.05, 0) is 76.1 Å². The molecule has 0 aliphatic carbocycles. The lowest BCUT2D eigenvalue weighted by Gasteiger charge is -2.42. The van der Waals surface area contributed by atoms with Crippen molar-refractivity contribution in [2.75, 3.05) is 18.5 Å². The van der Waals surface area contributed by atoms with Crippen LogP contribution in [0.1, 0.15) is 68.2 Å². The fourth-order valence-electron chi connectivity index (χ4n) is 7.42. The molecule has 3 saturated heterocycles.